The predicted octanol–water partition coefficient (Wildman–Crippen LogP) is 2.11. The van der Waals surface area contributed by atoms with E-state index in [1.165, 1.54) is 18.4 Å². The lowest BCUT2D eigenvalue weighted by atomic mass is 9.72. The van der Waals surface area contributed by atoms with Crippen LogP contribution in [0.15, 0.2) is 11.6 Å². The standard InChI is InChI=1S/C10H16O/c1-7-2-8-4-9(3-7)6-10(11)5-8/h2,8-11H,3-6H2,1H3/t8-,9+,10-/m1/s1. The summed E-state index contributed by atoms with van der Waals surface area (Å²) in [4.78, 5) is 0. The summed E-state index contributed by atoms with van der Waals surface area (Å²) in [5, 5.41) is 9.47. The Labute approximate surface area is 68.1 Å². The third kappa shape index (κ3) is 1.48. The van der Waals surface area contributed by atoms with Gasteiger partial charge in [-0.05, 0) is 44.4 Å². The van der Waals surface area contributed by atoms with Crippen molar-refractivity contribution in [3.05, 3.63) is 11.6 Å². The van der Waals surface area contributed by atoms with E-state index in [2.05, 4.69) is 13.0 Å². The summed E-state index contributed by atoms with van der Waals surface area (Å²) in [6.45, 7) is 2.22. The maximum atomic E-state index is 9.47. The summed E-state index contributed by atoms with van der Waals surface area (Å²) in [6, 6.07) is 0. The summed E-state index contributed by atoms with van der Waals surface area (Å²) in [5.41, 5.74) is 1.54. The van der Waals surface area contributed by atoms with E-state index in [-0.39, 0.29) is 6.10 Å². The van der Waals surface area contributed by atoms with Crippen LogP contribution in [0.1, 0.15) is 32.6 Å². The molecule has 2 aliphatic carbocycles. The van der Waals surface area contributed by atoms with Crippen LogP contribution in [0.2, 0.25) is 0 Å². The normalized spacial score (nSPS) is 43.5. The second-order valence-electron chi connectivity index (χ2n) is 4.20. The first-order valence-electron chi connectivity index (χ1n) is 4.59. The van der Waals surface area contributed by atoms with Gasteiger partial charge in [-0.15, -0.1) is 0 Å². The fraction of sp³-hybridized carbons (Fsp3) is 0.800. The average Bonchev–Trinajstić information content (AvgIpc) is 1.82. The van der Waals surface area contributed by atoms with Gasteiger partial charge in [-0.25, -0.2) is 0 Å². The van der Waals surface area contributed by atoms with E-state index in [0.717, 1.165) is 18.8 Å². The molecule has 2 aliphatic rings. The zero-order valence-electron chi connectivity index (χ0n) is 7.09. The highest BCUT2D eigenvalue weighted by Gasteiger charge is 2.29. The van der Waals surface area contributed by atoms with Gasteiger partial charge in [0.25, 0.3) is 0 Å². The van der Waals surface area contributed by atoms with E-state index in [1.807, 2.05) is 0 Å². The van der Waals surface area contributed by atoms with Crippen molar-refractivity contribution in [1.29, 1.82) is 0 Å². The van der Waals surface area contributed by atoms with Crippen LogP contribution >= 0.6 is 0 Å². The fourth-order valence-corrected chi connectivity index (χ4v) is 2.68. The smallest absolute Gasteiger partial charge is 0.0548 e. The van der Waals surface area contributed by atoms with Crippen molar-refractivity contribution in [2.75, 3.05) is 0 Å². The van der Waals surface area contributed by atoms with Crippen molar-refractivity contribution >= 4 is 0 Å². The molecule has 2 rings (SSSR count). The van der Waals surface area contributed by atoms with E-state index in [9.17, 15) is 5.11 Å². The van der Waals surface area contributed by atoms with Crippen LogP contribution in [0.4, 0.5) is 0 Å². The number of hydrogen-bond donors (Lipinski definition) is 1. The van der Waals surface area contributed by atoms with Crippen molar-refractivity contribution in [2.45, 2.75) is 38.7 Å². The van der Waals surface area contributed by atoms with Gasteiger partial charge < -0.3 is 5.11 Å². The minimum atomic E-state index is -0.0110. The Balaban J connectivity index is 2.13. The molecule has 1 fully saturated rings. The molecule has 0 radical (unpaired) electrons. The fourth-order valence-electron chi connectivity index (χ4n) is 2.68. The molecule has 62 valence electrons. The zero-order valence-corrected chi connectivity index (χ0v) is 7.09. The van der Waals surface area contributed by atoms with Gasteiger partial charge in [-0.2, -0.15) is 0 Å². The highest BCUT2D eigenvalue weighted by atomic mass is 16.3. The summed E-state index contributed by atoms with van der Waals surface area (Å²) >= 11 is 0. The van der Waals surface area contributed by atoms with E-state index in [0.29, 0.717) is 5.92 Å². The number of hydrogen-bond acceptors (Lipinski definition) is 1. The quantitative estimate of drug-likeness (QED) is 0.527. The minimum absolute atomic E-state index is 0.0110. The van der Waals surface area contributed by atoms with Crippen LogP contribution in [0.3, 0.4) is 0 Å². The Morgan fingerprint density at radius 1 is 1.36 bits per heavy atom. The Kier molecular flexibility index (Phi) is 1.76. The molecule has 0 amide bonds. The summed E-state index contributed by atoms with van der Waals surface area (Å²) in [6.07, 6.45) is 6.96. The van der Waals surface area contributed by atoms with Crippen molar-refractivity contribution in [3.8, 4) is 0 Å². The van der Waals surface area contributed by atoms with Gasteiger partial charge in [0.2, 0.25) is 0 Å². The molecule has 0 aromatic carbocycles. The maximum absolute atomic E-state index is 9.47. The highest BCUT2D eigenvalue weighted by Crippen LogP contribution is 2.38. The molecule has 0 aromatic rings. The van der Waals surface area contributed by atoms with Gasteiger partial charge in [-0.3, -0.25) is 0 Å². The van der Waals surface area contributed by atoms with Crippen LogP contribution < -0.4 is 0 Å². The minimum Gasteiger partial charge on any atom is -0.393 e. The Hall–Kier alpha value is -0.300. The lowest BCUT2D eigenvalue weighted by Gasteiger charge is -2.35. The first kappa shape index (κ1) is 7.35. The molecule has 1 nitrogen and oxygen atoms in total. The Morgan fingerprint density at radius 2 is 2.18 bits per heavy atom. The zero-order chi connectivity index (χ0) is 7.84. The van der Waals surface area contributed by atoms with Gasteiger partial charge in [0.15, 0.2) is 0 Å². The predicted molar refractivity (Wildman–Crippen MR) is 45.2 cm³/mol. The molecular weight excluding hydrogens is 136 g/mol. The molecule has 0 unspecified atom stereocenters. The third-order valence-corrected chi connectivity index (χ3v) is 2.95. The monoisotopic (exact) mass is 152 g/mol. The van der Waals surface area contributed by atoms with Gasteiger partial charge in [-0.1, -0.05) is 11.6 Å². The second kappa shape index (κ2) is 2.63. The molecule has 0 aromatic heterocycles. The van der Waals surface area contributed by atoms with Crippen molar-refractivity contribution in [1.82, 2.24) is 0 Å². The molecule has 1 heteroatoms. The lowest BCUT2D eigenvalue weighted by Crippen LogP contribution is -2.28. The summed E-state index contributed by atoms with van der Waals surface area (Å²) < 4.78 is 0. The van der Waals surface area contributed by atoms with Crippen molar-refractivity contribution in [2.24, 2.45) is 11.8 Å². The summed E-state index contributed by atoms with van der Waals surface area (Å²) in [5.74, 6) is 1.48. The van der Waals surface area contributed by atoms with E-state index >= 15 is 0 Å². The first-order valence-corrected chi connectivity index (χ1v) is 4.59. The number of aliphatic hydroxyl groups is 1. The molecule has 2 bridgehead atoms. The second-order valence-corrected chi connectivity index (χ2v) is 4.20. The SMILES string of the molecule is CC1=C[C@H]2C[C@@H](O)C[C@@H](C1)C2. The molecule has 11 heavy (non-hydrogen) atoms. The molecule has 3 atom stereocenters. The molecule has 0 heterocycles. The summed E-state index contributed by atoms with van der Waals surface area (Å²) in [7, 11) is 0. The highest BCUT2D eigenvalue weighted by molar-refractivity contribution is 5.09. The van der Waals surface area contributed by atoms with E-state index in [1.54, 1.807) is 0 Å². The van der Waals surface area contributed by atoms with Crippen LogP contribution in [0.25, 0.3) is 0 Å². The van der Waals surface area contributed by atoms with E-state index in [4.69, 9.17) is 0 Å². The van der Waals surface area contributed by atoms with E-state index < -0.39 is 0 Å². The molecule has 1 saturated carbocycles. The number of rotatable bonds is 0. The average molecular weight is 152 g/mol. The van der Waals surface area contributed by atoms with Crippen LogP contribution in [-0.4, -0.2) is 11.2 Å². The van der Waals surface area contributed by atoms with Crippen LogP contribution in [-0.2, 0) is 0 Å². The molecule has 0 aliphatic heterocycles. The lowest BCUT2D eigenvalue weighted by molar-refractivity contribution is 0.0772. The molecule has 0 spiro atoms. The largest absolute Gasteiger partial charge is 0.393 e. The topological polar surface area (TPSA) is 20.2 Å². The van der Waals surface area contributed by atoms with Gasteiger partial charge >= 0.3 is 0 Å². The van der Waals surface area contributed by atoms with Gasteiger partial charge in [0, 0.05) is 0 Å². The third-order valence-electron chi connectivity index (χ3n) is 2.95. The maximum Gasteiger partial charge on any atom is 0.0548 e. The molecule has 1 N–H and O–H groups in total. The number of aliphatic hydroxyl groups excluding tert-OH is 1. The van der Waals surface area contributed by atoms with Crippen LogP contribution in [0.5, 0.6) is 0 Å². The van der Waals surface area contributed by atoms with Crippen LogP contribution in [0, 0.1) is 11.8 Å². The van der Waals surface area contributed by atoms with Crippen molar-refractivity contribution in [3.63, 3.8) is 0 Å². The van der Waals surface area contributed by atoms with Gasteiger partial charge in [0.1, 0.15) is 0 Å². The van der Waals surface area contributed by atoms with Crippen molar-refractivity contribution < 1.29 is 5.11 Å². The Bertz CT molecular complexity index is 183. The number of fused-ring (bicyclic) bond motifs is 2. The molecule has 0 saturated heterocycles. The Morgan fingerprint density at radius 3 is 2.91 bits per heavy atom. The number of allylic oxidation sites excluding steroid dienone is 2. The van der Waals surface area contributed by atoms with Gasteiger partial charge in [0.05, 0.1) is 6.10 Å². The first-order chi connectivity index (χ1) is 5.24. The molecular formula is C10H16O.